The van der Waals surface area contributed by atoms with Gasteiger partial charge in [-0.2, -0.15) is 0 Å². The van der Waals surface area contributed by atoms with Crippen LogP contribution in [0.25, 0.3) is 0 Å². The number of carbonyl (C=O) groups is 2. The summed E-state index contributed by atoms with van der Waals surface area (Å²) < 4.78 is 0. The Morgan fingerprint density at radius 3 is 2.25 bits per heavy atom. The molecule has 0 bridgehead atoms. The van der Waals surface area contributed by atoms with Crippen LogP contribution in [-0.2, 0) is 4.79 Å². The van der Waals surface area contributed by atoms with Gasteiger partial charge in [-0.05, 0) is 43.7 Å². The number of hydrogen-bond donors (Lipinski definition) is 1. The van der Waals surface area contributed by atoms with Crippen molar-refractivity contribution in [2.24, 2.45) is 5.92 Å². The minimum atomic E-state index is 0. The fraction of sp³-hybridized carbons (Fsp3) is 0.529. The molecule has 2 saturated heterocycles. The first kappa shape index (κ1) is 19.0. The molecule has 1 aromatic rings. The van der Waals surface area contributed by atoms with E-state index in [9.17, 15) is 9.59 Å². The zero-order chi connectivity index (χ0) is 16.2. The van der Waals surface area contributed by atoms with Crippen molar-refractivity contribution < 1.29 is 9.59 Å². The summed E-state index contributed by atoms with van der Waals surface area (Å²) >= 11 is 5.86. The van der Waals surface area contributed by atoms with Crippen LogP contribution in [0, 0.1) is 5.92 Å². The number of rotatable bonds is 2. The first-order valence-corrected chi connectivity index (χ1v) is 8.57. The highest BCUT2D eigenvalue weighted by Crippen LogP contribution is 2.17. The highest BCUT2D eigenvalue weighted by molar-refractivity contribution is 6.30. The third kappa shape index (κ3) is 4.41. The molecule has 2 aliphatic heterocycles. The van der Waals surface area contributed by atoms with Crippen molar-refractivity contribution in [3.05, 3.63) is 34.9 Å². The Morgan fingerprint density at radius 2 is 1.67 bits per heavy atom. The van der Waals surface area contributed by atoms with Crippen molar-refractivity contribution in [1.29, 1.82) is 0 Å². The Bertz CT molecular complexity index is 566. The Balaban J connectivity index is 0.00000208. The lowest BCUT2D eigenvalue weighted by Gasteiger charge is -2.37. The molecule has 1 unspecified atom stereocenters. The molecule has 2 fully saturated rings. The van der Waals surface area contributed by atoms with E-state index in [1.165, 1.54) is 0 Å². The molecule has 0 spiro atoms. The Morgan fingerprint density at radius 1 is 1.04 bits per heavy atom. The van der Waals surface area contributed by atoms with E-state index in [2.05, 4.69) is 5.32 Å². The van der Waals surface area contributed by atoms with Gasteiger partial charge in [0.1, 0.15) is 0 Å². The minimum absolute atomic E-state index is 0. The maximum Gasteiger partial charge on any atom is 0.253 e. The maximum absolute atomic E-state index is 12.5. The second-order valence-corrected chi connectivity index (χ2v) is 6.60. The van der Waals surface area contributed by atoms with Crippen molar-refractivity contribution in [3.63, 3.8) is 0 Å². The van der Waals surface area contributed by atoms with Crippen molar-refractivity contribution in [2.45, 2.75) is 12.8 Å². The quantitative estimate of drug-likeness (QED) is 0.865. The number of carbonyl (C=O) groups excluding carboxylic acids is 2. The summed E-state index contributed by atoms with van der Waals surface area (Å²) in [7, 11) is 0. The van der Waals surface area contributed by atoms with Gasteiger partial charge in [0, 0.05) is 43.3 Å². The number of piperazine rings is 1. The topological polar surface area (TPSA) is 52.7 Å². The molecule has 0 radical (unpaired) electrons. The molecule has 132 valence electrons. The van der Waals surface area contributed by atoms with E-state index >= 15 is 0 Å². The van der Waals surface area contributed by atoms with Crippen LogP contribution in [0.1, 0.15) is 23.2 Å². The normalized spacial score (nSPS) is 21.1. The average Bonchev–Trinajstić information content (AvgIpc) is 2.62. The number of hydrogen-bond acceptors (Lipinski definition) is 3. The third-order valence-electron chi connectivity index (χ3n) is 4.62. The summed E-state index contributed by atoms with van der Waals surface area (Å²) in [6.07, 6.45) is 2.03. The predicted octanol–water partition coefficient (Wildman–Crippen LogP) is 2.05. The molecule has 2 amide bonds. The van der Waals surface area contributed by atoms with E-state index in [-0.39, 0.29) is 30.1 Å². The molecule has 0 aliphatic carbocycles. The van der Waals surface area contributed by atoms with Gasteiger partial charge in [0.05, 0.1) is 5.92 Å². The van der Waals surface area contributed by atoms with Gasteiger partial charge >= 0.3 is 0 Å². The number of nitrogens with zero attached hydrogens (tertiary/aromatic N) is 2. The van der Waals surface area contributed by atoms with E-state index in [1.54, 1.807) is 24.3 Å². The van der Waals surface area contributed by atoms with E-state index in [1.807, 2.05) is 9.80 Å². The molecule has 5 nitrogen and oxygen atoms in total. The molecular formula is C17H23Cl2N3O2. The molecule has 24 heavy (non-hydrogen) atoms. The molecule has 0 aromatic heterocycles. The minimum Gasteiger partial charge on any atom is -0.339 e. The number of piperidine rings is 1. The number of amides is 2. The average molecular weight is 372 g/mol. The summed E-state index contributed by atoms with van der Waals surface area (Å²) in [5.41, 5.74) is 0.644. The van der Waals surface area contributed by atoms with E-state index in [0.29, 0.717) is 36.8 Å². The molecule has 7 heteroatoms. The van der Waals surface area contributed by atoms with Crippen LogP contribution in [0.5, 0.6) is 0 Å². The highest BCUT2D eigenvalue weighted by atomic mass is 35.5. The molecule has 0 saturated carbocycles. The van der Waals surface area contributed by atoms with E-state index in [4.69, 9.17) is 11.6 Å². The Labute approximate surface area is 153 Å². The number of benzene rings is 1. The van der Waals surface area contributed by atoms with Gasteiger partial charge in [-0.1, -0.05) is 11.6 Å². The summed E-state index contributed by atoms with van der Waals surface area (Å²) in [5, 5.41) is 3.91. The van der Waals surface area contributed by atoms with Crippen LogP contribution in [0.4, 0.5) is 0 Å². The number of halogens is 2. The summed E-state index contributed by atoms with van der Waals surface area (Å²) in [5.74, 6) is 0.339. The van der Waals surface area contributed by atoms with Gasteiger partial charge in [-0.25, -0.2) is 0 Å². The number of nitrogens with one attached hydrogen (secondary N) is 1. The van der Waals surface area contributed by atoms with Crippen molar-refractivity contribution in [2.75, 3.05) is 39.3 Å². The van der Waals surface area contributed by atoms with Crippen LogP contribution < -0.4 is 5.32 Å². The zero-order valence-electron chi connectivity index (χ0n) is 13.5. The second kappa shape index (κ2) is 8.70. The second-order valence-electron chi connectivity index (χ2n) is 6.17. The maximum atomic E-state index is 12.5. The van der Waals surface area contributed by atoms with Crippen LogP contribution in [-0.4, -0.2) is 60.9 Å². The van der Waals surface area contributed by atoms with Gasteiger partial charge in [0.25, 0.3) is 5.91 Å². The molecule has 3 rings (SSSR count). The fourth-order valence-electron chi connectivity index (χ4n) is 3.23. The summed E-state index contributed by atoms with van der Waals surface area (Å²) in [6, 6.07) is 6.95. The Kier molecular flexibility index (Phi) is 6.90. The lowest BCUT2D eigenvalue weighted by atomic mass is 9.98. The summed E-state index contributed by atoms with van der Waals surface area (Å²) in [4.78, 5) is 28.7. The molecule has 1 N–H and O–H groups in total. The van der Waals surface area contributed by atoms with Crippen LogP contribution in [0.3, 0.4) is 0 Å². The Hall–Kier alpha value is -1.30. The van der Waals surface area contributed by atoms with Gasteiger partial charge in [-0.15, -0.1) is 12.4 Å². The van der Waals surface area contributed by atoms with E-state index < -0.39 is 0 Å². The summed E-state index contributed by atoms with van der Waals surface area (Å²) in [6.45, 7) is 4.21. The fourth-order valence-corrected chi connectivity index (χ4v) is 3.35. The van der Waals surface area contributed by atoms with Gasteiger partial charge in [-0.3, -0.25) is 9.59 Å². The molecular weight excluding hydrogens is 349 g/mol. The van der Waals surface area contributed by atoms with E-state index in [0.717, 1.165) is 25.9 Å². The van der Waals surface area contributed by atoms with Crippen molar-refractivity contribution >= 4 is 35.8 Å². The first-order valence-electron chi connectivity index (χ1n) is 8.19. The van der Waals surface area contributed by atoms with Gasteiger partial charge < -0.3 is 15.1 Å². The predicted molar refractivity (Wildman–Crippen MR) is 96.8 cm³/mol. The van der Waals surface area contributed by atoms with Crippen molar-refractivity contribution in [1.82, 2.24) is 15.1 Å². The standard InChI is InChI=1S/C17H22ClN3O2.ClH/c18-15-5-3-13(4-6-15)16(22)20-8-10-21(11-9-20)17(23)14-2-1-7-19-12-14;/h3-6,14,19H,1-2,7-12H2;1H. The molecule has 2 heterocycles. The SMILES string of the molecule is Cl.O=C(c1ccc(Cl)cc1)N1CCN(C(=O)C2CCCNC2)CC1. The first-order chi connectivity index (χ1) is 11.1. The third-order valence-corrected chi connectivity index (χ3v) is 4.87. The van der Waals surface area contributed by atoms with Gasteiger partial charge in [0.2, 0.25) is 5.91 Å². The molecule has 2 aliphatic rings. The highest BCUT2D eigenvalue weighted by Gasteiger charge is 2.29. The van der Waals surface area contributed by atoms with Crippen LogP contribution >= 0.6 is 24.0 Å². The molecule has 1 atom stereocenters. The van der Waals surface area contributed by atoms with Crippen molar-refractivity contribution in [3.8, 4) is 0 Å². The largest absolute Gasteiger partial charge is 0.339 e. The van der Waals surface area contributed by atoms with Gasteiger partial charge in [0.15, 0.2) is 0 Å². The zero-order valence-corrected chi connectivity index (χ0v) is 15.1. The molecule has 1 aromatic carbocycles. The monoisotopic (exact) mass is 371 g/mol. The lowest BCUT2D eigenvalue weighted by molar-refractivity contribution is -0.137. The lowest BCUT2D eigenvalue weighted by Crippen LogP contribution is -2.53. The van der Waals surface area contributed by atoms with Crippen LogP contribution in [0.15, 0.2) is 24.3 Å². The smallest absolute Gasteiger partial charge is 0.253 e. The van der Waals surface area contributed by atoms with Crippen LogP contribution in [0.2, 0.25) is 5.02 Å².